The molecular formula is C8H4F3NO2. The van der Waals surface area contributed by atoms with Crippen molar-refractivity contribution in [2.24, 2.45) is 0 Å². The number of phenols is 1. The summed E-state index contributed by atoms with van der Waals surface area (Å²) in [6.07, 6.45) is -4.63. The van der Waals surface area contributed by atoms with E-state index in [-0.39, 0.29) is 16.8 Å². The van der Waals surface area contributed by atoms with Crippen molar-refractivity contribution in [3.8, 4) is 5.75 Å². The van der Waals surface area contributed by atoms with E-state index in [4.69, 9.17) is 5.11 Å². The minimum atomic E-state index is -4.63. The largest absolute Gasteiger partial charge is 0.506 e. The Morgan fingerprint density at radius 3 is 2.57 bits per heavy atom. The van der Waals surface area contributed by atoms with Gasteiger partial charge in [-0.1, -0.05) is 6.07 Å². The van der Waals surface area contributed by atoms with Gasteiger partial charge in [0.05, 0.1) is 0 Å². The molecule has 14 heavy (non-hydrogen) atoms. The van der Waals surface area contributed by atoms with Gasteiger partial charge in [0.2, 0.25) is 0 Å². The van der Waals surface area contributed by atoms with Crippen molar-refractivity contribution in [1.82, 2.24) is 4.98 Å². The number of aromatic hydroxyl groups is 1. The number of oxazole rings is 1. The smallest absolute Gasteiger partial charge is 0.468 e. The van der Waals surface area contributed by atoms with E-state index in [0.717, 1.165) is 0 Å². The minimum absolute atomic E-state index is 0.0858. The number of nitrogens with zero attached hydrogens (tertiary/aromatic N) is 1. The first-order valence-electron chi connectivity index (χ1n) is 3.64. The van der Waals surface area contributed by atoms with Crippen molar-refractivity contribution >= 4 is 11.1 Å². The third-order valence-electron chi connectivity index (χ3n) is 1.64. The van der Waals surface area contributed by atoms with Crippen LogP contribution in [0.4, 0.5) is 13.2 Å². The maximum atomic E-state index is 12.1. The van der Waals surface area contributed by atoms with Crippen LogP contribution >= 0.6 is 0 Å². The molecule has 2 aromatic rings. The van der Waals surface area contributed by atoms with Crippen LogP contribution < -0.4 is 0 Å². The number of phenolic OH excluding ortho intramolecular Hbond substituents is 1. The number of rotatable bonds is 0. The van der Waals surface area contributed by atoms with Crippen LogP contribution in [0.25, 0.3) is 11.1 Å². The quantitative estimate of drug-likeness (QED) is 0.715. The summed E-state index contributed by atoms with van der Waals surface area (Å²) in [7, 11) is 0. The summed E-state index contributed by atoms with van der Waals surface area (Å²) < 4.78 is 40.8. The van der Waals surface area contributed by atoms with Gasteiger partial charge in [0.15, 0.2) is 11.1 Å². The van der Waals surface area contributed by atoms with Crippen LogP contribution in [0.5, 0.6) is 5.75 Å². The summed E-state index contributed by atoms with van der Waals surface area (Å²) in [5, 5.41) is 9.16. The van der Waals surface area contributed by atoms with Crippen LogP contribution in [-0.2, 0) is 6.18 Å². The predicted octanol–water partition coefficient (Wildman–Crippen LogP) is 2.55. The predicted molar refractivity (Wildman–Crippen MR) is 40.7 cm³/mol. The maximum Gasteiger partial charge on any atom is 0.468 e. The molecule has 1 N–H and O–H groups in total. The third-order valence-corrected chi connectivity index (χ3v) is 1.64. The van der Waals surface area contributed by atoms with E-state index in [0.29, 0.717) is 0 Å². The molecule has 0 amide bonds. The number of hydrogen-bond acceptors (Lipinski definition) is 3. The molecule has 0 fully saturated rings. The van der Waals surface area contributed by atoms with Gasteiger partial charge in [0, 0.05) is 0 Å². The van der Waals surface area contributed by atoms with Crippen molar-refractivity contribution in [2.75, 3.05) is 0 Å². The molecule has 0 aliphatic heterocycles. The highest BCUT2D eigenvalue weighted by molar-refractivity contribution is 5.79. The lowest BCUT2D eigenvalue weighted by atomic mass is 10.3. The summed E-state index contributed by atoms with van der Waals surface area (Å²) in [4.78, 5) is 3.14. The molecule has 0 radical (unpaired) electrons. The highest BCUT2D eigenvalue weighted by Gasteiger charge is 2.37. The van der Waals surface area contributed by atoms with Crippen LogP contribution in [0.2, 0.25) is 0 Å². The van der Waals surface area contributed by atoms with Crippen LogP contribution in [0.3, 0.4) is 0 Å². The molecule has 1 aromatic heterocycles. The molecule has 0 aliphatic carbocycles. The van der Waals surface area contributed by atoms with Crippen molar-refractivity contribution in [3.63, 3.8) is 0 Å². The van der Waals surface area contributed by atoms with Gasteiger partial charge >= 0.3 is 12.1 Å². The van der Waals surface area contributed by atoms with Crippen molar-refractivity contribution in [3.05, 3.63) is 24.1 Å². The summed E-state index contributed by atoms with van der Waals surface area (Å²) in [5.74, 6) is -1.68. The monoisotopic (exact) mass is 203 g/mol. The standard InChI is InChI=1S/C8H4F3NO2/c9-8(10,11)7-12-6-4(13)2-1-3-5(6)14-7/h1-3,13H. The molecule has 2 rings (SSSR count). The molecule has 1 heterocycles. The number of para-hydroxylation sites is 1. The third kappa shape index (κ3) is 1.28. The van der Waals surface area contributed by atoms with Crippen LogP contribution in [0.1, 0.15) is 5.89 Å². The fourth-order valence-corrected chi connectivity index (χ4v) is 1.06. The van der Waals surface area contributed by atoms with Gasteiger partial charge in [-0.3, -0.25) is 0 Å². The highest BCUT2D eigenvalue weighted by Crippen LogP contribution is 2.33. The van der Waals surface area contributed by atoms with Crippen molar-refractivity contribution in [2.45, 2.75) is 6.18 Å². The topological polar surface area (TPSA) is 46.3 Å². The lowest BCUT2D eigenvalue weighted by molar-refractivity contribution is -0.156. The molecule has 74 valence electrons. The molecule has 0 aliphatic rings. The Morgan fingerprint density at radius 1 is 1.29 bits per heavy atom. The summed E-state index contributed by atoms with van der Waals surface area (Å²) in [6.45, 7) is 0. The van der Waals surface area contributed by atoms with Gasteiger partial charge in [-0.25, -0.2) is 4.98 Å². The Hall–Kier alpha value is -1.72. The number of benzene rings is 1. The molecule has 0 unspecified atom stereocenters. The molecule has 0 saturated heterocycles. The zero-order valence-electron chi connectivity index (χ0n) is 6.67. The SMILES string of the molecule is Oc1cccc2oc(C(F)(F)F)nc12. The number of aromatic nitrogens is 1. The van der Waals surface area contributed by atoms with Crippen LogP contribution in [0.15, 0.2) is 22.6 Å². The Labute approximate surface area is 75.8 Å². The van der Waals surface area contributed by atoms with E-state index in [1.165, 1.54) is 18.2 Å². The average Bonchev–Trinajstić information content (AvgIpc) is 2.48. The second-order valence-electron chi connectivity index (χ2n) is 2.64. The average molecular weight is 203 g/mol. The first-order chi connectivity index (χ1) is 6.48. The molecule has 1 aromatic carbocycles. The molecule has 0 saturated carbocycles. The highest BCUT2D eigenvalue weighted by atomic mass is 19.4. The Bertz CT molecular complexity index is 475. The number of hydrogen-bond donors (Lipinski definition) is 1. The molecule has 3 nitrogen and oxygen atoms in total. The number of alkyl halides is 3. The fourth-order valence-electron chi connectivity index (χ4n) is 1.06. The van der Waals surface area contributed by atoms with Gasteiger partial charge in [-0.15, -0.1) is 0 Å². The van der Waals surface area contributed by atoms with Gasteiger partial charge in [0.25, 0.3) is 0 Å². The van der Waals surface area contributed by atoms with Gasteiger partial charge < -0.3 is 9.52 Å². The molecule has 0 atom stereocenters. The summed E-state index contributed by atoms with van der Waals surface area (Å²) in [5.41, 5.74) is -0.267. The normalized spacial score (nSPS) is 12.2. The lowest BCUT2D eigenvalue weighted by Gasteiger charge is -1.96. The van der Waals surface area contributed by atoms with E-state index < -0.39 is 12.1 Å². The molecule has 0 bridgehead atoms. The Balaban J connectivity index is 2.69. The number of halogens is 3. The first-order valence-corrected chi connectivity index (χ1v) is 3.64. The molecule has 6 heteroatoms. The Morgan fingerprint density at radius 2 is 2.00 bits per heavy atom. The molecule has 0 spiro atoms. The van der Waals surface area contributed by atoms with Gasteiger partial charge in [-0.2, -0.15) is 13.2 Å². The maximum absolute atomic E-state index is 12.1. The second kappa shape index (κ2) is 2.63. The summed E-state index contributed by atoms with van der Waals surface area (Å²) in [6, 6.07) is 3.92. The van der Waals surface area contributed by atoms with Crippen molar-refractivity contribution < 1.29 is 22.7 Å². The van der Waals surface area contributed by atoms with E-state index in [1.807, 2.05) is 0 Å². The second-order valence-corrected chi connectivity index (χ2v) is 2.64. The lowest BCUT2D eigenvalue weighted by Crippen LogP contribution is -2.04. The van der Waals surface area contributed by atoms with E-state index in [1.54, 1.807) is 0 Å². The first kappa shape index (κ1) is 8.86. The van der Waals surface area contributed by atoms with Gasteiger partial charge in [-0.05, 0) is 12.1 Å². The Kier molecular flexibility index (Phi) is 1.67. The van der Waals surface area contributed by atoms with Gasteiger partial charge in [0.1, 0.15) is 5.75 Å². The zero-order valence-corrected chi connectivity index (χ0v) is 6.67. The van der Waals surface area contributed by atoms with E-state index in [9.17, 15) is 13.2 Å². The minimum Gasteiger partial charge on any atom is -0.506 e. The fraction of sp³-hybridized carbons (Fsp3) is 0.125. The van der Waals surface area contributed by atoms with E-state index >= 15 is 0 Å². The number of fused-ring (bicyclic) bond motifs is 1. The van der Waals surface area contributed by atoms with Crippen LogP contribution in [0, 0.1) is 0 Å². The van der Waals surface area contributed by atoms with Crippen LogP contribution in [-0.4, -0.2) is 10.1 Å². The van der Waals surface area contributed by atoms with E-state index in [2.05, 4.69) is 9.40 Å². The van der Waals surface area contributed by atoms with Crippen molar-refractivity contribution in [1.29, 1.82) is 0 Å². The molecular weight excluding hydrogens is 199 g/mol. The zero-order chi connectivity index (χ0) is 10.3. The summed E-state index contributed by atoms with van der Waals surface area (Å²) >= 11 is 0.